The molecule has 12 heteroatoms. The lowest BCUT2D eigenvalue weighted by Gasteiger charge is -2.39. The second-order valence-electron chi connectivity index (χ2n) is 12.1. The Morgan fingerprint density at radius 2 is 1.27 bits per heavy atom. The molecule has 248 valence electrons. The monoisotopic (exact) mass is 637 g/mol. The van der Waals surface area contributed by atoms with Crippen LogP contribution in [-0.4, -0.2) is 86.7 Å². The van der Waals surface area contributed by atoms with Crippen LogP contribution in [0.5, 0.6) is 0 Å². The van der Waals surface area contributed by atoms with Crippen LogP contribution in [0.4, 0.5) is 11.4 Å². The smallest absolute Gasteiger partial charge is 0.307 e. The van der Waals surface area contributed by atoms with Gasteiger partial charge in [-0.25, -0.2) is 0 Å². The van der Waals surface area contributed by atoms with E-state index in [0.29, 0.717) is 13.0 Å². The van der Waals surface area contributed by atoms with E-state index in [4.69, 9.17) is 19.9 Å². The Kier molecular flexibility index (Phi) is 15.5. The van der Waals surface area contributed by atoms with Crippen molar-refractivity contribution >= 4 is 35.7 Å². The van der Waals surface area contributed by atoms with E-state index < -0.39 is 6.04 Å². The third-order valence-corrected chi connectivity index (χ3v) is 7.38. The minimum Gasteiger partial charge on any atom is -0.469 e. The van der Waals surface area contributed by atoms with E-state index in [-0.39, 0.29) is 55.3 Å². The van der Waals surface area contributed by atoms with Crippen LogP contribution in [-0.2, 0) is 28.5 Å². The van der Waals surface area contributed by atoms with Gasteiger partial charge in [0.25, 0.3) is 0 Å². The number of morpholine rings is 2. The van der Waals surface area contributed by atoms with E-state index in [1.807, 2.05) is 31.6 Å². The molecule has 2 aliphatic rings. The first-order valence-corrected chi connectivity index (χ1v) is 14.4. The maximum Gasteiger partial charge on any atom is 0.307 e. The summed E-state index contributed by atoms with van der Waals surface area (Å²) >= 11 is 0. The summed E-state index contributed by atoms with van der Waals surface area (Å²) in [5, 5.41) is 0. The molecule has 0 unspecified atom stereocenters. The fraction of sp³-hybridized carbons (Fsp3) is 0.625. The standard InChI is InChI=1S/C16H24N2O3.C15H23N3O3.CH4.ClH/c1-12(7-15(19)20-4)13-8-14(10-17-9-13)18-5-6-21-16(2,3)11-18;1-15(2)10-18(4-5-21-15)12-6-11(8-17-9-12)13(16)7-14(19)20-3;;/h8-10,12H,5-7,11H2,1-4H3;6,8-9,13H,4-5,7,10,16H2,1-3H3;1H4;1H/t12-;13-;;/m00../s1. The van der Waals surface area contributed by atoms with Gasteiger partial charge in [-0.15, -0.1) is 12.4 Å². The van der Waals surface area contributed by atoms with Crippen molar-refractivity contribution in [3.8, 4) is 0 Å². The molecule has 0 bridgehead atoms. The van der Waals surface area contributed by atoms with Crippen molar-refractivity contribution in [3.63, 3.8) is 0 Å². The Labute approximate surface area is 269 Å². The summed E-state index contributed by atoms with van der Waals surface area (Å²) in [5.74, 6) is -0.417. The van der Waals surface area contributed by atoms with Crippen LogP contribution in [0.3, 0.4) is 0 Å². The quantitative estimate of drug-likeness (QED) is 0.405. The number of esters is 2. The van der Waals surface area contributed by atoms with Gasteiger partial charge in [0.1, 0.15) is 0 Å². The van der Waals surface area contributed by atoms with Gasteiger partial charge in [0.2, 0.25) is 0 Å². The lowest BCUT2D eigenvalue weighted by atomic mass is 9.99. The molecule has 4 rings (SSSR count). The maximum absolute atomic E-state index is 11.4. The highest BCUT2D eigenvalue weighted by Gasteiger charge is 2.29. The van der Waals surface area contributed by atoms with Crippen molar-refractivity contribution in [1.82, 2.24) is 9.97 Å². The number of halogens is 1. The summed E-state index contributed by atoms with van der Waals surface area (Å²) in [6, 6.07) is 3.70. The van der Waals surface area contributed by atoms with E-state index in [9.17, 15) is 9.59 Å². The number of pyridine rings is 2. The number of methoxy groups -OCH3 is 2. The number of carbonyl (C=O) groups is 2. The first-order valence-electron chi connectivity index (χ1n) is 14.4. The highest BCUT2D eigenvalue weighted by molar-refractivity contribution is 5.85. The predicted octanol–water partition coefficient (Wildman–Crippen LogP) is 4.68. The highest BCUT2D eigenvalue weighted by atomic mass is 35.5. The van der Waals surface area contributed by atoms with Crippen LogP contribution >= 0.6 is 12.4 Å². The van der Waals surface area contributed by atoms with Crippen molar-refractivity contribution in [2.45, 2.75) is 78.0 Å². The minimum absolute atomic E-state index is 0. The number of hydrogen-bond acceptors (Lipinski definition) is 11. The van der Waals surface area contributed by atoms with Crippen LogP contribution < -0.4 is 15.5 Å². The van der Waals surface area contributed by atoms with Crippen LogP contribution in [0.15, 0.2) is 36.9 Å². The number of rotatable bonds is 8. The lowest BCUT2D eigenvalue weighted by Crippen LogP contribution is -2.48. The first kappa shape index (κ1) is 39.0. The van der Waals surface area contributed by atoms with E-state index in [1.165, 1.54) is 14.2 Å². The number of anilines is 2. The number of ether oxygens (including phenoxy) is 4. The second-order valence-corrected chi connectivity index (χ2v) is 12.1. The summed E-state index contributed by atoms with van der Waals surface area (Å²) in [5.41, 5.74) is 9.69. The number of aromatic nitrogens is 2. The van der Waals surface area contributed by atoms with Gasteiger partial charge in [0.05, 0.1) is 75.2 Å². The fourth-order valence-electron chi connectivity index (χ4n) is 5.01. The number of nitrogens with zero attached hydrogens (tertiary/aromatic N) is 4. The Hall–Kier alpha value is -2.99. The van der Waals surface area contributed by atoms with Gasteiger partial charge in [0, 0.05) is 44.6 Å². The van der Waals surface area contributed by atoms with Gasteiger partial charge in [-0.1, -0.05) is 14.4 Å². The molecule has 2 N–H and O–H groups in total. The SMILES string of the molecule is C.COC(=O)C[C@H](C)c1cncc(N2CCOC(C)(C)C2)c1.COC(=O)C[C@H](N)c1cncc(N2CCOC(C)(C)C2)c1.Cl. The molecule has 4 heterocycles. The molecular weight excluding hydrogens is 586 g/mol. The zero-order valence-electron chi connectivity index (χ0n) is 26.5. The van der Waals surface area contributed by atoms with Gasteiger partial charge in [0.15, 0.2) is 0 Å². The number of hydrogen-bond donors (Lipinski definition) is 1. The molecule has 11 nitrogen and oxygen atoms in total. The molecule has 0 spiro atoms. The van der Waals surface area contributed by atoms with Crippen molar-refractivity contribution in [2.75, 3.05) is 63.4 Å². The molecule has 44 heavy (non-hydrogen) atoms. The van der Waals surface area contributed by atoms with Crippen LogP contribution in [0.2, 0.25) is 0 Å². The Morgan fingerprint density at radius 1 is 0.841 bits per heavy atom. The summed E-state index contributed by atoms with van der Waals surface area (Å²) in [6.07, 6.45) is 7.73. The summed E-state index contributed by atoms with van der Waals surface area (Å²) in [6.45, 7) is 15.1. The molecule has 0 aromatic carbocycles. The fourth-order valence-corrected chi connectivity index (χ4v) is 5.01. The minimum atomic E-state index is -0.404. The highest BCUT2D eigenvalue weighted by Crippen LogP contribution is 2.27. The van der Waals surface area contributed by atoms with Crippen molar-refractivity contribution in [2.24, 2.45) is 5.73 Å². The Balaban J connectivity index is 0.000000421. The third-order valence-electron chi connectivity index (χ3n) is 7.38. The molecule has 0 aliphatic carbocycles. The van der Waals surface area contributed by atoms with E-state index in [2.05, 4.69) is 58.3 Å². The third kappa shape index (κ3) is 11.8. The molecule has 2 fully saturated rings. The van der Waals surface area contributed by atoms with Crippen molar-refractivity contribution in [1.29, 1.82) is 0 Å². The zero-order chi connectivity index (χ0) is 30.9. The maximum atomic E-state index is 11.4. The number of carbonyl (C=O) groups excluding carboxylic acids is 2. The molecular formula is C32H52ClN5O6. The number of nitrogens with two attached hydrogens (primary N) is 1. The topological polar surface area (TPSA) is 129 Å². The molecule has 2 atom stereocenters. The summed E-state index contributed by atoms with van der Waals surface area (Å²) < 4.78 is 20.8. The van der Waals surface area contributed by atoms with Gasteiger partial charge in [-0.2, -0.15) is 0 Å². The first-order chi connectivity index (χ1) is 19.8. The van der Waals surface area contributed by atoms with Gasteiger partial charge >= 0.3 is 11.9 Å². The second kappa shape index (κ2) is 17.5. The Morgan fingerprint density at radius 3 is 1.73 bits per heavy atom. The molecule has 2 aromatic rings. The normalized spacial score (nSPS) is 18.3. The summed E-state index contributed by atoms with van der Waals surface area (Å²) in [7, 11) is 2.78. The van der Waals surface area contributed by atoms with Crippen molar-refractivity contribution in [3.05, 3.63) is 48.0 Å². The van der Waals surface area contributed by atoms with Gasteiger partial charge in [-0.05, 0) is 56.9 Å². The van der Waals surface area contributed by atoms with E-state index in [1.54, 1.807) is 6.20 Å². The van der Waals surface area contributed by atoms with Crippen LogP contribution in [0.25, 0.3) is 0 Å². The molecule has 2 aliphatic heterocycles. The van der Waals surface area contributed by atoms with E-state index in [0.717, 1.165) is 55.3 Å². The molecule has 0 amide bonds. The van der Waals surface area contributed by atoms with Crippen molar-refractivity contribution < 1.29 is 28.5 Å². The summed E-state index contributed by atoms with van der Waals surface area (Å²) in [4.78, 5) is 35.8. The van der Waals surface area contributed by atoms with Gasteiger partial charge < -0.3 is 34.5 Å². The van der Waals surface area contributed by atoms with Crippen LogP contribution in [0.1, 0.15) is 78.0 Å². The molecule has 2 aromatic heterocycles. The molecule has 0 radical (unpaired) electrons. The largest absolute Gasteiger partial charge is 0.469 e. The average Bonchev–Trinajstić information content (AvgIpc) is 2.96. The predicted molar refractivity (Wildman–Crippen MR) is 176 cm³/mol. The molecule has 0 saturated carbocycles. The zero-order valence-corrected chi connectivity index (χ0v) is 27.3. The molecule has 2 saturated heterocycles. The van der Waals surface area contributed by atoms with Crippen LogP contribution in [0, 0.1) is 0 Å². The Bertz CT molecular complexity index is 1110. The average molecular weight is 638 g/mol. The van der Waals surface area contributed by atoms with E-state index >= 15 is 0 Å². The lowest BCUT2D eigenvalue weighted by molar-refractivity contribution is -0.141. The van der Waals surface area contributed by atoms with Gasteiger partial charge in [-0.3, -0.25) is 19.6 Å².